The molecule has 0 radical (unpaired) electrons. The molecular weight excluding hydrogens is 1260 g/mol. The van der Waals surface area contributed by atoms with Crippen LogP contribution in [-0.4, -0.2) is 123 Å². The molecule has 10 rings (SSSR count). The van der Waals surface area contributed by atoms with Crippen LogP contribution in [0, 0.1) is 22.7 Å². The number of rotatable bonds is 19. The Bertz CT molecular complexity index is 4170. The lowest BCUT2D eigenvalue weighted by Crippen LogP contribution is -2.08. The van der Waals surface area contributed by atoms with Crippen LogP contribution in [0.4, 0.5) is 17.1 Å². The first kappa shape index (κ1) is 72.3. The van der Waals surface area contributed by atoms with E-state index in [0.29, 0.717) is 42.0 Å². The van der Waals surface area contributed by atoms with Crippen LogP contribution in [0.1, 0.15) is 103 Å². The highest BCUT2D eigenvalue weighted by Gasteiger charge is 2.24. The van der Waals surface area contributed by atoms with Crippen LogP contribution in [0.15, 0.2) is 135 Å². The zero-order valence-electron chi connectivity index (χ0n) is 51.9. The molecule has 0 aliphatic rings. The number of nitriles is 2. The Morgan fingerprint density at radius 1 is 0.411 bits per heavy atom. The van der Waals surface area contributed by atoms with Gasteiger partial charge in [0, 0.05) is 83.6 Å². The molecule has 0 saturated carbocycles. The van der Waals surface area contributed by atoms with Crippen molar-refractivity contribution < 1.29 is 62.8 Å². The summed E-state index contributed by atoms with van der Waals surface area (Å²) in [5, 5.41) is 64.1. The van der Waals surface area contributed by atoms with Gasteiger partial charge in [0.1, 0.15) is 10.0 Å². The van der Waals surface area contributed by atoms with Crippen LogP contribution in [0.25, 0.3) is 55.7 Å². The third kappa shape index (κ3) is 19.4. The van der Waals surface area contributed by atoms with Crippen LogP contribution in [0.5, 0.6) is 0 Å². The number of carboxylic acid groups (broad SMARTS) is 5. The molecule has 0 amide bonds. The summed E-state index contributed by atoms with van der Waals surface area (Å²) < 4.78 is 16.0. The molecule has 28 nitrogen and oxygen atoms in total. The lowest BCUT2D eigenvalue weighted by Gasteiger charge is -2.12. The van der Waals surface area contributed by atoms with E-state index in [9.17, 15) is 29.1 Å². The third-order valence-corrected chi connectivity index (χ3v) is 15.2. The first-order chi connectivity index (χ1) is 45.4. The highest BCUT2D eigenvalue weighted by atomic mass is 32.1. The first-order valence-electron chi connectivity index (χ1n) is 28.0. The molecule has 0 atom stereocenters. The Morgan fingerprint density at radius 2 is 0.716 bits per heavy atom. The number of anilines is 3. The zero-order chi connectivity index (χ0) is 69.6. The van der Waals surface area contributed by atoms with Gasteiger partial charge in [0.05, 0.1) is 52.7 Å². The van der Waals surface area contributed by atoms with Crippen molar-refractivity contribution in [3.63, 3.8) is 0 Å². The number of thiazole rings is 2. The van der Waals surface area contributed by atoms with Gasteiger partial charge in [0.25, 0.3) is 0 Å². The van der Waals surface area contributed by atoms with Crippen molar-refractivity contribution in [2.75, 3.05) is 57.0 Å². The summed E-state index contributed by atoms with van der Waals surface area (Å²) in [6, 6.07) is 39.9. The van der Waals surface area contributed by atoms with Crippen molar-refractivity contribution in [2.24, 2.45) is 28.7 Å². The SMILES string of the molecule is CN(C)c1ccc(-c2oc(CN)nc2C(=O)O)cc1.CN(C)c1ccc(-c2sc(CN)nc2C(=O)O)cc1.CN(C)c1ccc(/C=C/c2oc(CN)nc2C(=O)O)cc1.N#Cc1ccc(-c2oc(CN)nc2C(=O)O)cc1.N#Cc1ccc(-c2sc(CN)nc2C(=O)O)cc1. The maximum atomic E-state index is 11.2. The van der Waals surface area contributed by atoms with Gasteiger partial charge >= 0.3 is 29.8 Å². The molecule has 5 aromatic heterocycles. The Labute approximate surface area is 551 Å². The number of aromatic nitrogens is 5. The first-order valence-corrected chi connectivity index (χ1v) is 29.7. The quantitative estimate of drug-likeness (QED) is 0.0361. The smallest absolute Gasteiger partial charge is 0.358 e. The van der Waals surface area contributed by atoms with Crippen LogP contribution >= 0.6 is 22.7 Å². The summed E-state index contributed by atoms with van der Waals surface area (Å²) >= 11 is 2.58. The van der Waals surface area contributed by atoms with E-state index >= 15 is 0 Å². The second kappa shape index (κ2) is 34.1. The summed E-state index contributed by atoms with van der Waals surface area (Å²) in [5.41, 5.74) is 34.7. The van der Waals surface area contributed by atoms with Crippen molar-refractivity contribution >= 4 is 81.7 Å². The summed E-state index contributed by atoms with van der Waals surface area (Å²) in [7, 11) is 11.7. The van der Waals surface area contributed by atoms with E-state index in [2.05, 4.69) is 24.9 Å². The minimum Gasteiger partial charge on any atom is -0.476 e. The molecule has 5 heterocycles. The highest BCUT2D eigenvalue weighted by Crippen LogP contribution is 2.34. The summed E-state index contributed by atoms with van der Waals surface area (Å²) in [5.74, 6) is -4.40. The average Bonchev–Trinajstić information content (AvgIpc) is 1.79. The third-order valence-electron chi connectivity index (χ3n) is 13.0. The second-order valence-corrected chi connectivity index (χ2v) is 22.3. The number of carbonyl (C=O) groups is 5. The normalized spacial score (nSPS) is 10.4. The lowest BCUT2D eigenvalue weighted by atomic mass is 10.1. The molecule has 490 valence electrons. The molecule has 0 spiro atoms. The molecule has 0 unspecified atom stereocenters. The van der Waals surface area contributed by atoms with Crippen LogP contribution in [0.3, 0.4) is 0 Å². The summed E-state index contributed by atoms with van der Waals surface area (Å²) in [6.45, 7) is 0.611. The van der Waals surface area contributed by atoms with Gasteiger partial charge < -0.3 is 82.2 Å². The summed E-state index contributed by atoms with van der Waals surface area (Å²) in [6.07, 6.45) is 3.35. The van der Waals surface area contributed by atoms with E-state index in [1.54, 1.807) is 72.8 Å². The number of hydrogen-bond acceptors (Lipinski definition) is 25. The van der Waals surface area contributed by atoms with Crippen molar-refractivity contribution in [1.82, 2.24) is 24.9 Å². The average molecular weight is 1330 g/mol. The zero-order valence-corrected chi connectivity index (χ0v) is 53.5. The molecular formula is C65H65N15O13S2. The van der Waals surface area contributed by atoms with E-state index in [-0.39, 0.29) is 96.1 Å². The van der Waals surface area contributed by atoms with Crippen LogP contribution in [0.2, 0.25) is 0 Å². The molecule has 0 saturated heterocycles. The number of nitrogens with two attached hydrogens (primary N) is 5. The molecule has 30 heteroatoms. The molecule has 0 fully saturated rings. The largest absolute Gasteiger partial charge is 0.476 e. The van der Waals surface area contributed by atoms with Gasteiger partial charge in [-0.15, -0.1) is 22.7 Å². The molecule has 0 aliphatic carbocycles. The van der Waals surface area contributed by atoms with E-state index in [0.717, 1.165) is 33.8 Å². The van der Waals surface area contributed by atoms with E-state index < -0.39 is 29.8 Å². The van der Waals surface area contributed by atoms with E-state index in [1.807, 2.05) is 130 Å². The topological polar surface area (TPSA) is 478 Å². The number of nitrogens with zero attached hydrogens (tertiary/aromatic N) is 10. The molecule has 10 aromatic rings. The monoisotopic (exact) mass is 1330 g/mol. The Balaban J connectivity index is 0.000000188. The molecule has 15 N–H and O–H groups in total. The van der Waals surface area contributed by atoms with E-state index in [1.165, 1.54) is 22.7 Å². The van der Waals surface area contributed by atoms with Gasteiger partial charge in [0.2, 0.25) is 17.7 Å². The van der Waals surface area contributed by atoms with Crippen LogP contribution in [-0.2, 0) is 32.7 Å². The maximum Gasteiger partial charge on any atom is 0.358 e. The van der Waals surface area contributed by atoms with Crippen molar-refractivity contribution in [2.45, 2.75) is 32.7 Å². The minimum atomic E-state index is -1.18. The number of benzene rings is 5. The molecule has 5 aromatic carbocycles. The fourth-order valence-electron chi connectivity index (χ4n) is 8.17. The molecule has 0 bridgehead atoms. The molecule has 0 aliphatic heterocycles. The van der Waals surface area contributed by atoms with Gasteiger partial charge in [-0.25, -0.2) is 48.9 Å². The van der Waals surface area contributed by atoms with Crippen LogP contribution < -0.4 is 43.4 Å². The lowest BCUT2D eigenvalue weighted by molar-refractivity contribution is 0.0679. The van der Waals surface area contributed by atoms with E-state index in [4.69, 9.17) is 72.9 Å². The van der Waals surface area contributed by atoms with Gasteiger partial charge in [-0.3, -0.25) is 0 Å². The fraction of sp³-hybridized carbons (Fsp3) is 0.169. The number of hydrogen-bond donors (Lipinski definition) is 10. The van der Waals surface area contributed by atoms with Crippen molar-refractivity contribution in [1.29, 1.82) is 10.5 Å². The Kier molecular flexibility index (Phi) is 25.9. The summed E-state index contributed by atoms with van der Waals surface area (Å²) in [4.78, 5) is 82.2. The minimum absolute atomic E-state index is 0.00478. The number of carboxylic acids is 5. The van der Waals surface area contributed by atoms with Crippen molar-refractivity contribution in [3.05, 3.63) is 200 Å². The number of oxazole rings is 3. The van der Waals surface area contributed by atoms with Gasteiger partial charge in [0.15, 0.2) is 45.8 Å². The van der Waals surface area contributed by atoms with Gasteiger partial charge in [-0.05, 0) is 108 Å². The fourth-order valence-corrected chi connectivity index (χ4v) is 10.0. The van der Waals surface area contributed by atoms with Gasteiger partial charge in [-0.2, -0.15) is 10.5 Å². The Hall–Kier alpha value is -11.7. The van der Waals surface area contributed by atoms with Gasteiger partial charge in [-0.1, -0.05) is 42.5 Å². The maximum absolute atomic E-state index is 11.2. The number of aromatic carboxylic acids is 5. The highest BCUT2D eigenvalue weighted by molar-refractivity contribution is 7.15. The Morgan fingerprint density at radius 3 is 1.03 bits per heavy atom. The second-order valence-electron chi connectivity index (χ2n) is 20.1. The standard InChI is InChI=1S/C15H17N3O3.C13H15N3O3.C13H15N3O2S.C12H9N3O3.C12H9N3O2S/c1-18(2)11-6-3-10(4-7-11)5-8-12-14(15(19)20)17-13(9-16)21-12;2*1-16(2)9-5-3-8(4-6-9)12-11(13(17)18)15-10(7-14)19-12;2*13-5-7-1-3-8(4-2-7)11-10(12(16)17)15-9(6-14)18-11/h3-8H,9,16H2,1-2H3,(H,19,20);2*3-6H,7,14H2,1-2H3,(H,17,18);2*1-4H,6,14H2,(H,16,17)/b8-5+;;;;. The van der Waals surface area contributed by atoms with Crippen molar-refractivity contribution in [3.8, 4) is 55.7 Å². The predicted molar refractivity (Wildman–Crippen MR) is 358 cm³/mol. The molecule has 95 heavy (non-hydrogen) atoms. The predicted octanol–water partition coefficient (Wildman–Crippen LogP) is 8.87.